The zero-order valence-corrected chi connectivity index (χ0v) is 13.0. The van der Waals surface area contributed by atoms with Crippen molar-refractivity contribution >= 4 is 17.7 Å². The van der Waals surface area contributed by atoms with Crippen molar-refractivity contribution in [1.82, 2.24) is 5.32 Å². The Bertz CT molecular complexity index is 268. The molecular weight excluding hydrogens is 254 g/mol. The van der Waals surface area contributed by atoms with Gasteiger partial charge in [0.15, 0.2) is 0 Å². The topological polar surface area (TPSA) is 58.6 Å². The third-order valence-corrected chi connectivity index (χ3v) is 2.47. The van der Waals surface area contributed by atoms with Crippen LogP contribution in [0.2, 0.25) is 0 Å². The first kappa shape index (κ1) is 17.5. The van der Waals surface area contributed by atoms with Crippen molar-refractivity contribution in [3.63, 3.8) is 0 Å². The highest BCUT2D eigenvalue weighted by Gasteiger charge is 2.28. The lowest BCUT2D eigenvalue weighted by Gasteiger charge is -2.30. The van der Waals surface area contributed by atoms with Gasteiger partial charge in [-0.2, -0.15) is 0 Å². The molecule has 0 radical (unpaired) electrons. The summed E-state index contributed by atoms with van der Waals surface area (Å²) < 4.78 is 5.17. The maximum absolute atomic E-state index is 11.7. The zero-order chi connectivity index (χ0) is 14.6. The molecule has 108 valence electrons. The van der Waals surface area contributed by atoms with Crippen LogP contribution in [0.1, 0.15) is 48.0 Å². The van der Waals surface area contributed by atoms with Crippen LogP contribution in [-0.4, -0.2) is 34.8 Å². The summed E-state index contributed by atoms with van der Waals surface area (Å²) >= 11 is 5.65. The summed E-state index contributed by atoms with van der Waals surface area (Å²) in [6.07, 6.45) is -0.681. The van der Waals surface area contributed by atoms with Gasteiger partial charge < -0.3 is 15.2 Å². The summed E-state index contributed by atoms with van der Waals surface area (Å²) in [4.78, 5) is 11.7. The van der Waals surface area contributed by atoms with Gasteiger partial charge in [-0.05, 0) is 32.6 Å². The number of aliphatic hydroxyl groups excluding tert-OH is 1. The molecule has 2 atom stereocenters. The molecule has 0 aliphatic heterocycles. The molecule has 0 aromatic heterocycles. The molecule has 0 rings (SSSR count). The fourth-order valence-corrected chi connectivity index (χ4v) is 1.72. The van der Waals surface area contributed by atoms with Crippen molar-refractivity contribution in [2.75, 3.05) is 5.88 Å². The molecule has 0 unspecified atom stereocenters. The molecule has 18 heavy (non-hydrogen) atoms. The van der Waals surface area contributed by atoms with Gasteiger partial charge in [-0.15, -0.1) is 11.6 Å². The van der Waals surface area contributed by atoms with E-state index in [1.165, 1.54) is 0 Å². The number of amides is 1. The lowest BCUT2D eigenvalue weighted by molar-refractivity contribution is 0.0407. The predicted molar refractivity (Wildman–Crippen MR) is 74.0 cm³/mol. The summed E-state index contributed by atoms with van der Waals surface area (Å²) in [5, 5.41) is 12.5. The second kappa shape index (κ2) is 6.62. The number of nitrogens with one attached hydrogen (secondary N) is 1. The average molecular weight is 280 g/mol. The van der Waals surface area contributed by atoms with E-state index in [0.717, 1.165) is 0 Å². The Morgan fingerprint density at radius 1 is 1.28 bits per heavy atom. The Hall–Kier alpha value is -0.480. The quantitative estimate of drug-likeness (QED) is 0.778. The summed E-state index contributed by atoms with van der Waals surface area (Å²) in [7, 11) is 0. The zero-order valence-electron chi connectivity index (χ0n) is 12.2. The molecular formula is C13H26ClNO3. The monoisotopic (exact) mass is 279 g/mol. The van der Waals surface area contributed by atoms with Crippen molar-refractivity contribution in [2.24, 2.45) is 5.41 Å². The second-order valence-electron chi connectivity index (χ2n) is 6.74. The van der Waals surface area contributed by atoms with Gasteiger partial charge in [-0.25, -0.2) is 4.79 Å². The third kappa shape index (κ3) is 8.59. The highest BCUT2D eigenvalue weighted by Crippen LogP contribution is 2.23. The molecule has 2 N–H and O–H groups in total. The predicted octanol–water partition coefficient (Wildman–Crippen LogP) is 2.92. The Kier molecular flexibility index (Phi) is 6.44. The fraction of sp³-hybridized carbons (Fsp3) is 0.923. The minimum atomic E-state index is -0.779. The van der Waals surface area contributed by atoms with Gasteiger partial charge in [-0.3, -0.25) is 0 Å². The number of halogens is 1. The number of alkyl carbamates (subject to hydrolysis) is 1. The smallest absolute Gasteiger partial charge is 0.407 e. The first-order valence-corrected chi connectivity index (χ1v) is 6.71. The average Bonchev–Trinajstić information content (AvgIpc) is 2.10. The van der Waals surface area contributed by atoms with Crippen LogP contribution in [0, 0.1) is 5.41 Å². The van der Waals surface area contributed by atoms with E-state index in [0.29, 0.717) is 6.42 Å². The number of aliphatic hydroxyl groups is 1. The Morgan fingerprint density at radius 3 is 2.11 bits per heavy atom. The molecule has 4 nitrogen and oxygen atoms in total. The molecule has 0 fully saturated rings. The lowest BCUT2D eigenvalue weighted by Crippen LogP contribution is -2.47. The van der Waals surface area contributed by atoms with E-state index in [2.05, 4.69) is 5.32 Å². The van der Waals surface area contributed by atoms with Crippen LogP contribution in [0.25, 0.3) is 0 Å². The molecule has 0 bridgehead atoms. The van der Waals surface area contributed by atoms with Crippen LogP contribution in [0.5, 0.6) is 0 Å². The van der Waals surface area contributed by atoms with Gasteiger partial charge in [-0.1, -0.05) is 20.8 Å². The third-order valence-electron chi connectivity index (χ3n) is 2.16. The van der Waals surface area contributed by atoms with Crippen molar-refractivity contribution in [3.05, 3.63) is 0 Å². The first-order valence-electron chi connectivity index (χ1n) is 6.18. The maximum atomic E-state index is 11.7. The number of ether oxygens (including phenoxy) is 1. The number of carbonyl (C=O) groups is 1. The minimum absolute atomic E-state index is 0.0211. The molecule has 0 spiro atoms. The van der Waals surface area contributed by atoms with Crippen molar-refractivity contribution in [3.8, 4) is 0 Å². The highest BCUT2D eigenvalue weighted by molar-refractivity contribution is 6.18. The number of carbonyl (C=O) groups excluding carboxylic acids is 1. The van der Waals surface area contributed by atoms with E-state index in [-0.39, 0.29) is 11.3 Å². The minimum Gasteiger partial charge on any atom is -0.444 e. The van der Waals surface area contributed by atoms with Gasteiger partial charge in [0.1, 0.15) is 5.60 Å². The van der Waals surface area contributed by atoms with Crippen LogP contribution < -0.4 is 5.32 Å². The van der Waals surface area contributed by atoms with Crippen molar-refractivity contribution in [1.29, 1.82) is 0 Å². The summed E-state index contributed by atoms with van der Waals surface area (Å²) in [6, 6.07) is -0.405. The van der Waals surface area contributed by atoms with E-state index in [1.54, 1.807) is 20.8 Å². The molecule has 5 heteroatoms. The standard InChI is InChI=1S/C13H26ClNO3/c1-12(2,3)7-9(10(16)8-14)15-11(17)18-13(4,5)6/h9-10,16H,7-8H2,1-6H3,(H,15,17)/t9-,10+/m1/s1. The number of hydrogen-bond donors (Lipinski definition) is 2. The second-order valence-corrected chi connectivity index (χ2v) is 7.05. The fourth-order valence-electron chi connectivity index (χ4n) is 1.51. The summed E-state index contributed by atoms with van der Waals surface area (Å²) in [5.41, 5.74) is -0.574. The van der Waals surface area contributed by atoms with Gasteiger partial charge in [0, 0.05) is 0 Å². The number of hydrogen-bond acceptors (Lipinski definition) is 3. The maximum Gasteiger partial charge on any atom is 0.407 e. The summed E-state index contributed by atoms with van der Waals surface area (Å²) in [6.45, 7) is 11.5. The largest absolute Gasteiger partial charge is 0.444 e. The highest BCUT2D eigenvalue weighted by atomic mass is 35.5. The molecule has 0 saturated heterocycles. The van der Waals surface area contributed by atoms with Crippen LogP contribution in [0.3, 0.4) is 0 Å². The molecule has 0 aromatic rings. The van der Waals surface area contributed by atoms with E-state index in [4.69, 9.17) is 16.3 Å². The van der Waals surface area contributed by atoms with Gasteiger partial charge >= 0.3 is 6.09 Å². The number of rotatable bonds is 4. The van der Waals surface area contributed by atoms with E-state index >= 15 is 0 Å². The van der Waals surface area contributed by atoms with Crippen LogP contribution >= 0.6 is 11.6 Å². The Morgan fingerprint density at radius 2 is 1.78 bits per heavy atom. The van der Waals surface area contributed by atoms with E-state index in [1.807, 2.05) is 20.8 Å². The van der Waals surface area contributed by atoms with Crippen LogP contribution in [-0.2, 0) is 4.74 Å². The Labute approximate surface area is 115 Å². The molecule has 0 aromatic carbocycles. The molecule has 0 aliphatic rings. The SMILES string of the molecule is CC(C)(C)C[C@@H](NC(=O)OC(C)(C)C)[C@@H](O)CCl. The first-order chi connectivity index (χ1) is 7.94. The number of alkyl halides is 1. The van der Waals surface area contributed by atoms with Crippen LogP contribution in [0.15, 0.2) is 0 Å². The summed E-state index contributed by atoms with van der Waals surface area (Å²) in [5.74, 6) is 0.0799. The van der Waals surface area contributed by atoms with Gasteiger partial charge in [0.05, 0.1) is 18.0 Å². The van der Waals surface area contributed by atoms with Gasteiger partial charge in [0.2, 0.25) is 0 Å². The molecule has 0 saturated carbocycles. The van der Waals surface area contributed by atoms with Crippen molar-refractivity contribution < 1.29 is 14.6 Å². The molecule has 0 aliphatic carbocycles. The molecule has 0 heterocycles. The van der Waals surface area contributed by atoms with E-state index < -0.39 is 23.8 Å². The lowest BCUT2D eigenvalue weighted by atomic mass is 9.86. The normalized spacial score (nSPS) is 16.0. The van der Waals surface area contributed by atoms with Gasteiger partial charge in [0.25, 0.3) is 0 Å². The Balaban J connectivity index is 4.55. The van der Waals surface area contributed by atoms with Crippen molar-refractivity contribution in [2.45, 2.75) is 65.7 Å². The van der Waals surface area contributed by atoms with Crippen LogP contribution in [0.4, 0.5) is 4.79 Å². The van der Waals surface area contributed by atoms with E-state index in [9.17, 15) is 9.90 Å². The molecule has 1 amide bonds.